The second-order valence-electron chi connectivity index (χ2n) is 4.44. The van der Waals surface area contributed by atoms with Crippen LogP contribution < -0.4 is 10.6 Å². The molecule has 0 rings (SSSR count). The number of thioether (sulfide) groups is 1. The topological polar surface area (TPSA) is 41.1 Å². The van der Waals surface area contributed by atoms with Gasteiger partial charge >= 0.3 is 0 Å². The molecule has 0 aromatic heterocycles. The fourth-order valence-electron chi connectivity index (χ4n) is 1.77. The number of hydrogen-bond acceptors (Lipinski definition) is 3. The normalized spacial score (nSPS) is 11.7. The maximum Gasteiger partial charge on any atom is 0.233 e. The standard InChI is InChI=1S/C14H29N2OS.Y/c1-4-6-8-12-16-14(17)13(18-5-2)10-7-9-11-15-3;/h13,15H,3-12H2,1-2H3,(H,16,17);/q-1;. The van der Waals surface area contributed by atoms with E-state index in [-0.39, 0.29) is 43.9 Å². The van der Waals surface area contributed by atoms with Crippen LogP contribution >= 0.6 is 11.8 Å². The molecule has 19 heavy (non-hydrogen) atoms. The third kappa shape index (κ3) is 13.6. The number of hydrogen-bond donors (Lipinski definition) is 2. The van der Waals surface area contributed by atoms with Gasteiger partial charge in [0.1, 0.15) is 0 Å². The van der Waals surface area contributed by atoms with E-state index >= 15 is 0 Å². The van der Waals surface area contributed by atoms with Crippen molar-refractivity contribution in [1.82, 2.24) is 10.6 Å². The molecule has 0 aliphatic heterocycles. The van der Waals surface area contributed by atoms with Gasteiger partial charge in [-0.1, -0.05) is 33.1 Å². The SMILES string of the molecule is [CH2-]NCCCCC(SCC)C(=O)NCCCCC.[Y]. The Labute approximate surface area is 148 Å². The number of rotatable bonds is 12. The van der Waals surface area contributed by atoms with Gasteiger partial charge in [-0.25, -0.2) is 0 Å². The Hall–Kier alpha value is 0.884. The predicted octanol–water partition coefficient (Wildman–Crippen LogP) is 2.96. The second kappa shape index (κ2) is 16.9. The molecule has 111 valence electrons. The molecule has 1 atom stereocenters. The quantitative estimate of drug-likeness (QED) is 0.414. The van der Waals surface area contributed by atoms with Crippen LogP contribution in [0.5, 0.6) is 0 Å². The number of amides is 1. The number of nitrogens with one attached hydrogen (secondary N) is 2. The molecule has 1 radical (unpaired) electrons. The summed E-state index contributed by atoms with van der Waals surface area (Å²) in [7, 11) is 3.60. The van der Waals surface area contributed by atoms with Gasteiger partial charge in [-0.3, -0.25) is 11.8 Å². The van der Waals surface area contributed by atoms with Crippen LogP contribution in [0.25, 0.3) is 0 Å². The summed E-state index contributed by atoms with van der Waals surface area (Å²) in [5, 5.41) is 6.08. The van der Waals surface area contributed by atoms with Gasteiger partial charge in [-0.2, -0.15) is 0 Å². The Morgan fingerprint density at radius 2 is 1.84 bits per heavy atom. The maximum atomic E-state index is 12.0. The number of unbranched alkanes of at least 4 members (excludes halogenated alkanes) is 3. The van der Waals surface area contributed by atoms with Crippen LogP contribution in [0.3, 0.4) is 0 Å². The molecule has 0 aromatic rings. The van der Waals surface area contributed by atoms with E-state index in [2.05, 4.69) is 31.5 Å². The van der Waals surface area contributed by atoms with Crippen LogP contribution in [0.2, 0.25) is 0 Å². The first-order valence-corrected chi connectivity index (χ1v) is 8.20. The van der Waals surface area contributed by atoms with Gasteiger partial charge in [0, 0.05) is 39.3 Å². The third-order valence-electron chi connectivity index (χ3n) is 2.81. The fraction of sp³-hybridized carbons (Fsp3) is 0.857. The van der Waals surface area contributed by atoms with Crippen LogP contribution in [0.4, 0.5) is 0 Å². The van der Waals surface area contributed by atoms with Crippen LogP contribution in [-0.4, -0.2) is 30.0 Å². The molecule has 0 aromatic carbocycles. The molecule has 0 aliphatic rings. The number of carbonyl (C=O) groups is 1. The van der Waals surface area contributed by atoms with Gasteiger partial charge in [0.25, 0.3) is 0 Å². The molecule has 0 bridgehead atoms. The molecule has 5 heteroatoms. The Morgan fingerprint density at radius 3 is 2.42 bits per heavy atom. The smallest absolute Gasteiger partial charge is 0.233 e. The van der Waals surface area contributed by atoms with Gasteiger partial charge in [-0.15, -0.1) is 11.8 Å². The van der Waals surface area contributed by atoms with Crippen molar-refractivity contribution >= 4 is 17.7 Å². The molecule has 2 N–H and O–H groups in total. The van der Waals surface area contributed by atoms with E-state index in [0.29, 0.717) is 0 Å². The van der Waals surface area contributed by atoms with Gasteiger partial charge in [-0.05, 0) is 31.6 Å². The van der Waals surface area contributed by atoms with Crippen LogP contribution in [0.15, 0.2) is 0 Å². The Kier molecular flexibility index (Phi) is 19.8. The van der Waals surface area contributed by atoms with E-state index < -0.39 is 0 Å². The monoisotopic (exact) mass is 362 g/mol. The molecule has 0 fully saturated rings. The molecule has 0 aliphatic carbocycles. The fourth-order valence-corrected chi connectivity index (χ4v) is 2.74. The maximum absolute atomic E-state index is 12.0. The first kappa shape index (κ1) is 22.2. The zero-order valence-electron chi connectivity index (χ0n) is 12.5. The van der Waals surface area contributed by atoms with E-state index in [1.807, 2.05) is 0 Å². The second-order valence-corrected chi connectivity index (χ2v) is 5.92. The van der Waals surface area contributed by atoms with E-state index in [1.54, 1.807) is 11.8 Å². The molecule has 0 saturated carbocycles. The largest absolute Gasteiger partial charge is 0.473 e. The third-order valence-corrected chi connectivity index (χ3v) is 4.00. The predicted molar refractivity (Wildman–Crippen MR) is 81.7 cm³/mol. The first-order valence-electron chi connectivity index (χ1n) is 7.15. The molecule has 1 unspecified atom stereocenters. The molecule has 0 spiro atoms. The van der Waals surface area contributed by atoms with E-state index in [9.17, 15) is 4.79 Å². The summed E-state index contributed by atoms with van der Waals surface area (Å²) >= 11 is 1.76. The summed E-state index contributed by atoms with van der Waals surface area (Å²) < 4.78 is 0. The summed E-state index contributed by atoms with van der Waals surface area (Å²) in [6.45, 7) is 6.04. The van der Waals surface area contributed by atoms with Crippen LogP contribution in [-0.2, 0) is 37.5 Å². The minimum Gasteiger partial charge on any atom is -0.473 e. The average molecular weight is 362 g/mol. The Bertz CT molecular complexity index is 206. The number of carbonyl (C=O) groups excluding carboxylic acids is 1. The zero-order valence-corrected chi connectivity index (χ0v) is 16.2. The summed E-state index contributed by atoms with van der Waals surface area (Å²) in [5.41, 5.74) is 0. The van der Waals surface area contributed by atoms with Crippen molar-refractivity contribution in [3.05, 3.63) is 7.05 Å². The molecule has 0 heterocycles. The summed E-state index contributed by atoms with van der Waals surface area (Å²) in [4.78, 5) is 12.0. The summed E-state index contributed by atoms with van der Waals surface area (Å²) in [6, 6.07) is 0. The van der Waals surface area contributed by atoms with E-state index in [0.717, 1.165) is 44.5 Å². The summed E-state index contributed by atoms with van der Waals surface area (Å²) in [6.07, 6.45) is 6.63. The van der Waals surface area contributed by atoms with Gasteiger partial charge in [0.05, 0.1) is 5.25 Å². The van der Waals surface area contributed by atoms with Crippen molar-refractivity contribution in [2.24, 2.45) is 0 Å². The van der Waals surface area contributed by atoms with Crippen molar-refractivity contribution in [1.29, 1.82) is 0 Å². The van der Waals surface area contributed by atoms with E-state index in [4.69, 9.17) is 0 Å². The van der Waals surface area contributed by atoms with Crippen molar-refractivity contribution < 1.29 is 37.5 Å². The van der Waals surface area contributed by atoms with Crippen molar-refractivity contribution in [3.63, 3.8) is 0 Å². The molecule has 0 saturated heterocycles. The Balaban J connectivity index is 0. The van der Waals surface area contributed by atoms with Crippen molar-refractivity contribution in [3.8, 4) is 0 Å². The van der Waals surface area contributed by atoms with Gasteiger partial charge in [0.15, 0.2) is 0 Å². The summed E-state index contributed by atoms with van der Waals surface area (Å²) in [5.74, 6) is 1.22. The molecular weight excluding hydrogens is 333 g/mol. The van der Waals surface area contributed by atoms with Crippen molar-refractivity contribution in [2.45, 2.75) is 57.6 Å². The first-order chi connectivity index (χ1) is 8.76. The minimum absolute atomic E-state index is 0. The van der Waals surface area contributed by atoms with Gasteiger partial charge in [0.2, 0.25) is 5.91 Å². The molecule has 1 amide bonds. The minimum atomic E-state index is 0. The van der Waals surface area contributed by atoms with Crippen LogP contribution in [0.1, 0.15) is 52.4 Å². The van der Waals surface area contributed by atoms with Crippen molar-refractivity contribution in [2.75, 3.05) is 18.8 Å². The zero-order chi connectivity index (χ0) is 13.6. The van der Waals surface area contributed by atoms with Crippen LogP contribution in [0, 0.1) is 7.05 Å². The van der Waals surface area contributed by atoms with E-state index in [1.165, 1.54) is 12.8 Å². The average Bonchev–Trinajstić information content (AvgIpc) is 2.38. The Morgan fingerprint density at radius 1 is 1.16 bits per heavy atom. The molecular formula is C14H29N2OSY-. The van der Waals surface area contributed by atoms with Gasteiger partial charge < -0.3 is 10.6 Å². The molecule has 3 nitrogen and oxygen atoms in total.